The Morgan fingerprint density at radius 3 is 2.83 bits per heavy atom. The Balaban J connectivity index is 1.71. The first kappa shape index (κ1) is 17.0. The van der Waals surface area contributed by atoms with Crippen molar-refractivity contribution in [3.8, 4) is 0 Å². The summed E-state index contributed by atoms with van der Waals surface area (Å²) in [6.07, 6.45) is 5.91. The topological polar surface area (TPSA) is 81.6 Å². The summed E-state index contributed by atoms with van der Waals surface area (Å²) in [5.41, 5.74) is -1.30. The van der Waals surface area contributed by atoms with Crippen LogP contribution in [-0.2, 0) is 4.79 Å². The molecule has 2 aliphatic rings. The molecule has 3 rings (SSSR count). The third-order valence-electron chi connectivity index (χ3n) is 4.79. The van der Waals surface area contributed by atoms with Gasteiger partial charge in [-0.05, 0) is 32.1 Å². The van der Waals surface area contributed by atoms with Crippen LogP contribution in [0.15, 0.2) is 12.4 Å². The van der Waals surface area contributed by atoms with Crippen molar-refractivity contribution in [2.24, 2.45) is 0 Å². The van der Waals surface area contributed by atoms with Crippen LogP contribution in [0, 0.1) is 0 Å². The Morgan fingerprint density at radius 1 is 1.29 bits per heavy atom. The molecule has 1 amide bonds. The minimum absolute atomic E-state index is 0.122. The van der Waals surface area contributed by atoms with Crippen molar-refractivity contribution in [2.75, 3.05) is 42.9 Å². The number of likely N-dealkylation sites (tertiary alicyclic amines) is 1. The standard InChI is InChI=1S/C17H27N5O2/c1-2-7-18-14-11-15(20-13-19-14)22-10-5-6-17(24,12-22)16(23)21-8-3-4-9-21/h11,13,24H,2-10,12H2,1H3,(H,18,19,20). The molecule has 7 nitrogen and oxygen atoms in total. The van der Waals surface area contributed by atoms with Crippen LogP contribution >= 0.6 is 0 Å². The van der Waals surface area contributed by atoms with Gasteiger partial charge in [-0.25, -0.2) is 9.97 Å². The first-order valence-electron chi connectivity index (χ1n) is 8.95. The summed E-state index contributed by atoms with van der Waals surface area (Å²) in [5, 5.41) is 14.2. The number of amides is 1. The van der Waals surface area contributed by atoms with Gasteiger partial charge in [-0.2, -0.15) is 0 Å². The molecule has 0 radical (unpaired) electrons. The van der Waals surface area contributed by atoms with E-state index in [9.17, 15) is 9.90 Å². The highest BCUT2D eigenvalue weighted by Crippen LogP contribution is 2.28. The first-order chi connectivity index (χ1) is 11.6. The van der Waals surface area contributed by atoms with Gasteiger partial charge in [-0.3, -0.25) is 4.79 Å². The molecule has 2 saturated heterocycles. The largest absolute Gasteiger partial charge is 0.378 e. The monoisotopic (exact) mass is 333 g/mol. The van der Waals surface area contributed by atoms with E-state index in [1.54, 1.807) is 4.90 Å². The molecule has 2 aliphatic heterocycles. The van der Waals surface area contributed by atoms with Crippen LogP contribution in [0.4, 0.5) is 11.6 Å². The van der Waals surface area contributed by atoms with Crippen LogP contribution in [0.25, 0.3) is 0 Å². The molecule has 24 heavy (non-hydrogen) atoms. The molecule has 2 N–H and O–H groups in total. The number of piperidine rings is 1. The number of hydrogen-bond donors (Lipinski definition) is 2. The van der Waals surface area contributed by atoms with Gasteiger partial charge >= 0.3 is 0 Å². The molecule has 3 heterocycles. The van der Waals surface area contributed by atoms with Gasteiger partial charge < -0.3 is 20.2 Å². The predicted octanol–water partition coefficient (Wildman–Crippen LogP) is 1.25. The summed E-state index contributed by atoms with van der Waals surface area (Å²) >= 11 is 0. The zero-order valence-corrected chi connectivity index (χ0v) is 14.4. The molecule has 0 spiro atoms. The molecule has 1 atom stereocenters. The van der Waals surface area contributed by atoms with E-state index < -0.39 is 5.60 Å². The second-order valence-corrected chi connectivity index (χ2v) is 6.74. The van der Waals surface area contributed by atoms with Gasteiger partial charge in [0.25, 0.3) is 5.91 Å². The molecule has 7 heteroatoms. The second kappa shape index (κ2) is 7.34. The average Bonchev–Trinajstić information content (AvgIpc) is 3.14. The summed E-state index contributed by atoms with van der Waals surface area (Å²) in [6, 6.07) is 1.89. The number of hydrogen-bond acceptors (Lipinski definition) is 6. The predicted molar refractivity (Wildman–Crippen MR) is 93.0 cm³/mol. The highest BCUT2D eigenvalue weighted by atomic mass is 16.3. The highest BCUT2D eigenvalue weighted by Gasteiger charge is 2.43. The van der Waals surface area contributed by atoms with Gasteiger partial charge in [0.2, 0.25) is 0 Å². The molecule has 2 fully saturated rings. The van der Waals surface area contributed by atoms with Crippen LogP contribution in [0.5, 0.6) is 0 Å². The second-order valence-electron chi connectivity index (χ2n) is 6.74. The van der Waals surface area contributed by atoms with Crippen LogP contribution in [0.3, 0.4) is 0 Å². The Kier molecular flexibility index (Phi) is 5.18. The van der Waals surface area contributed by atoms with Crippen LogP contribution in [0.2, 0.25) is 0 Å². The van der Waals surface area contributed by atoms with Gasteiger partial charge in [0.1, 0.15) is 18.0 Å². The number of β-amino-alcohol motifs (C(OH)–C–C–N with tert-alkyl or cyclic N) is 1. The molecular weight excluding hydrogens is 306 g/mol. The number of carbonyl (C=O) groups excluding carboxylic acids is 1. The Hall–Kier alpha value is -1.89. The van der Waals surface area contributed by atoms with Crippen LogP contribution in [0.1, 0.15) is 39.0 Å². The lowest BCUT2D eigenvalue weighted by molar-refractivity contribution is -0.151. The molecule has 0 aliphatic carbocycles. The van der Waals surface area contributed by atoms with Crippen molar-refractivity contribution < 1.29 is 9.90 Å². The maximum Gasteiger partial charge on any atom is 0.256 e. The first-order valence-corrected chi connectivity index (χ1v) is 8.95. The molecular formula is C17H27N5O2. The lowest BCUT2D eigenvalue weighted by Gasteiger charge is -2.40. The Bertz CT molecular complexity index is 576. The zero-order valence-electron chi connectivity index (χ0n) is 14.4. The fraction of sp³-hybridized carbons (Fsp3) is 0.706. The lowest BCUT2D eigenvalue weighted by Crippen LogP contribution is -2.58. The van der Waals surface area contributed by atoms with E-state index in [1.165, 1.54) is 6.33 Å². The normalized spacial score (nSPS) is 24.2. The van der Waals surface area contributed by atoms with Gasteiger partial charge in [0, 0.05) is 32.2 Å². The van der Waals surface area contributed by atoms with Crippen molar-refractivity contribution in [2.45, 2.75) is 44.6 Å². The van der Waals surface area contributed by atoms with Crippen LogP contribution < -0.4 is 10.2 Å². The van der Waals surface area contributed by atoms with Crippen molar-refractivity contribution >= 4 is 17.5 Å². The van der Waals surface area contributed by atoms with Crippen molar-refractivity contribution in [1.29, 1.82) is 0 Å². The lowest BCUT2D eigenvalue weighted by atomic mass is 9.91. The Labute approximate surface area is 143 Å². The maximum absolute atomic E-state index is 12.7. The van der Waals surface area contributed by atoms with E-state index in [4.69, 9.17) is 0 Å². The van der Waals surface area contributed by atoms with Crippen molar-refractivity contribution in [1.82, 2.24) is 14.9 Å². The fourth-order valence-corrected chi connectivity index (χ4v) is 3.49. The minimum Gasteiger partial charge on any atom is -0.378 e. The SMILES string of the molecule is CCCNc1cc(N2CCCC(O)(C(=O)N3CCCC3)C2)ncn1. The van der Waals surface area contributed by atoms with Gasteiger partial charge in [-0.15, -0.1) is 0 Å². The van der Waals surface area contributed by atoms with Gasteiger partial charge in [0.05, 0.1) is 6.54 Å². The summed E-state index contributed by atoms with van der Waals surface area (Å²) in [7, 11) is 0. The van der Waals surface area contributed by atoms with Crippen molar-refractivity contribution in [3.05, 3.63) is 12.4 Å². The molecule has 1 aromatic rings. The number of rotatable bonds is 5. The van der Waals surface area contributed by atoms with Crippen LogP contribution in [-0.4, -0.2) is 64.2 Å². The summed E-state index contributed by atoms with van der Waals surface area (Å²) in [6.45, 7) is 5.57. The molecule has 0 saturated carbocycles. The van der Waals surface area contributed by atoms with E-state index in [1.807, 2.05) is 11.0 Å². The fourth-order valence-electron chi connectivity index (χ4n) is 3.49. The minimum atomic E-state index is -1.30. The molecule has 1 aromatic heterocycles. The summed E-state index contributed by atoms with van der Waals surface area (Å²) in [5.74, 6) is 1.42. The van der Waals surface area contributed by atoms with Gasteiger partial charge in [-0.1, -0.05) is 6.92 Å². The number of aliphatic hydroxyl groups is 1. The molecule has 0 aromatic carbocycles. The van der Waals surface area contributed by atoms with E-state index in [2.05, 4.69) is 22.2 Å². The van der Waals surface area contributed by atoms with Crippen molar-refractivity contribution in [3.63, 3.8) is 0 Å². The molecule has 0 bridgehead atoms. The van der Waals surface area contributed by atoms with Gasteiger partial charge in [0.15, 0.2) is 5.60 Å². The third kappa shape index (κ3) is 3.61. The number of nitrogens with one attached hydrogen (secondary N) is 1. The Morgan fingerprint density at radius 2 is 2.08 bits per heavy atom. The summed E-state index contributed by atoms with van der Waals surface area (Å²) < 4.78 is 0. The molecule has 1 unspecified atom stereocenters. The van der Waals surface area contributed by atoms with E-state index in [0.717, 1.165) is 63.5 Å². The molecule has 132 valence electrons. The summed E-state index contributed by atoms with van der Waals surface area (Å²) in [4.78, 5) is 25.1. The smallest absolute Gasteiger partial charge is 0.256 e. The number of anilines is 2. The highest BCUT2D eigenvalue weighted by molar-refractivity contribution is 5.86. The van der Waals surface area contributed by atoms with E-state index in [-0.39, 0.29) is 5.91 Å². The average molecular weight is 333 g/mol. The zero-order chi connectivity index (χ0) is 17.0. The number of nitrogens with zero attached hydrogens (tertiary/aromatic N) is 4. The quantitative estimate of drug-likeness (QED) is 0.844. The maximum atomic E-state index is 12.7. The van der Waals surface area contributed by atoms with E-state index >= 15 is 0 Å². The number of carbonyl (C=O) groups is 1. The number of aromatic nitrogens is 2. The van der Waals surface area contributed by atoms with E-state index in [0.29, 0.717) is 13.0 Å². The third-order valence-corrected chi connectivity index (χ3v) is 4.79.